The minimum Gasteiger partial charge on any atom is -0.206 e. The van der Waals surface area contributed by atoms with Crippen LogP contribution in [-0.4, -0.2) is 0 Å². The second kappa shape index (κ2) is 7.92. The molecular formula is C24H25F3. The first-order valence-corrected chi connectivity index (χ1v) is 10.1. The van der Waals surface area contributed by atoms with E-state index in [1.54, 1.807) is 18.2 Å². The Bertz CT molecular complexity index is 847. The van der Waals surface area contributed by atoms with Crippen LogP contribution in [0.15, 0.2) is 42.5 Å². The Morgan fingerprint density at radius 1 is 0.741 bits per heavy atom. The van der Waals surface area contributed by atoms with Gasteiger partial charge in [0.25, 0.3) is 0 Å². The maximum absolute atomic E-state index is 15.2. The molecule has 0 aliphatic heterocycles. The normalized spacial score (nSPS) is 21.1. The van der Waals surface area contributed by atoms with Gasteiger partial charge in [0, 0.05) is 11.1 Å². The highest BCUT2D eigenvalue weighted by atomic mass is 19.2. The smallest absolute Gasteiger partial charge is 0.159 e. The monoisotopic (exact) mass is 370 g/mol. The Morgan fingerprint density at radius 3 is 2.22 bits per heavy atom. The molecule has 142 valence electrons. The fourth-order valence-corrected chi connectivity index (χ4v) is 4.80. The Morgan fingerprint density at radius 2 is 1.52 bits per heavy atom. The topological polar surface area (TPSA) is 0 Å². The van der Waals surface area contributed by atoms with Crippen molar-refractivity contribution in [2.75, 3.05) is 0 Å². The lowest BCUT2D eigenvalue weighted by Gasteiger charge is -2.32. The summed E-state index contributed by atoms with van der Waals surface area (Å²) in [6.45, 7) is 0. The zero-order chi connectivity index (χ0) is 18.8. The molecular weight excluding hydrogens is 345 g/mol. The number of benzene rings is 2. The van der Waals surface area contributed by atoms with Crippen LogP contribution in [0, 0.1) is 29.3 Å². The summed E-state index contributed by atoms with van der Waals surface area (Å²) in [6.07, 6.45) is 12.0. The van der Waals surface area contributed by atoms with Gasteiger partial charge >= 0.3 is 0 Å². The van der Waals surface area contributed by atoms with E-state index in [1.807, 2.05) is 0 Å². The van der Waals surface area contributed by atoms with Crippen LogP contribution >= 0.6 is 0 Å². The SMILES string of the molecule is Fc1ccc(-c2cccc(C3=CCC(C4CCCCC4)CC3)c2F)cc1F. The standard InChI is InChI=1S/C24H25F3/c25-22-14-13-19(15-23(22)26)21-8-4-7-20(24(21)27)18-11-9-17(10-12-18)16-5-2-1-3-6-16/h4,7-8,11,13-17H,1-3,5-6,9-10,12H2. The predicted octanol–water partition coefficient (Wildman–Crippen LogP) is 7.53. The minimum absolute atomic E-state index is 0.321. The molecule has 2 aromatic rings. The fourth-order valence-electron chi connectivity index (χ4n) is 4.80. The van der Waals surface area contributed by atoms with Gasteiger partial charge in [-0.25, -0.2) is 13.2 Å². The first-order chi connectivity index (χ1) is 13.1. The van der Waals surface area contributed by atoms with Gasteiger partial charge in [-0.15, -0.1) is 0 Å². The molecule has 0 spiro atoms. The van der Waals surface area contributed by atoms with E-state index >= 15 is 4.39 Å². The fraction of sp³-hybridized carbons (Fsp3) is 0.417. The van der Waals surface area contributed by atoms with Crippen molar-refractivity contribution < 1.29 is 13.2 Å². The molecule has 0 saturated heterocycles. The van der Waals surface area contributed by atoms with E-state index in [2.05, 4.69) is 6.08 Å². The average molecular weight is 370 g/mol. The molecule has 0 heterocycles. The zero-order valence-electron chi connectivity index (χ0n) is 15.5. The number of allylic oxidation sites excluding steroid dienone is 2. The molecule has 2 aliphatic rings. The van der Waals surface area contributed by atoms with E-state index in [-0.39, 0.29) is 5.82 Å². The summed E-state index contributed by atoms with van der Waals surface area (Å²) in [5.41, 5.74) is 2.33. The van der Waals surface area contributed by atoms with Crippen molar-refractivity contribution in [3.05, 3.63) is 65.5 Å². The lowest BCUT2D eigenvalue weighted by molar-refractivity contribution is 0.235. The quantitative estimate of drug-likeness (QED) is 0.524. The molecule has 0 bridgehead atoms. The van der Waals surface area contributed by atoms with Crippen molar-refractivity contribution >= 4 is 5.57 Å². The van der Waals surface area contributed by atoms with Crippen LogP contribution in [0.4, 0.5) is 13.2 Å². The third kappa shape index (κ3) is 3.83. The predicted molar refractivity (Wildman–Crippen MR) is 104 cm³/mol. The van der Waals surface area contributed by atoms with Gasteiger partial charge < -0.3 is 0 Å². The maximum Gasteiger partial charge on any atom is 0.159 e. The summed E-state index contributed by atoms with van der Waals surface area (Å²) >= 11 is 0. The first-order valence-electron chi connectivity index (χ1n) is 10.1. The molecule has 1 saturated carbocycles. The largest absolute Gasteiger partial charge is 0.206 e. The van der Waals surface area contributed by atoms with Crippen molar-refractivity contribution in [3.63, 3.8) is 0 Å². The Balaban J connectivity index is 1.57. The van der Waals surface area contributed by atoms with Gasteiger partial charge in [-0.2, -0.15) is 0 Å². The Kier molecular flexibility index (Phi) is 5.38. The molecule has 1 unspecified atom stereocenters. The van der Waals surface area contributed by atoms with Gasteiger partial charge in [-0.1, -0.05) is 62.4 Å². The van der Waals surface area contributed by atoms with E-state index in [9.17, 15) is 8.78 Å². The average Bonchev–Trinajstić information content (AvgIpc) is 2.71. The van der Waals surface area contributed by atoms with Gasteiger partial charge in [0.1, 0.15) is 5.82 Å². The number of halogens is 3. The van der Waals surface area contributed by atoms with E-state index in [0.29, 0.717) is 16.7 Å². The van der Waals surface area contributed by atoms with E-state index in [4.69, 9.17) is 0 Å². The third-order valence-electron chi connectivity index (χ3n) is 6.34. The van der Waals surface area contributed by atoms with Gasteiger partial charge in [0.2, 0.25) is 0 Å². The summed E-state index contributed by atoms with van der Waals surface area (Å²) in [5.74, 6) is -0.657. The molecule has 27 heavy (non-hydrogen) atoms. The van der Waals surface area contributed by atoms with E-state index < -0.39 is 11.6 Å². The van der Waals surface area contributed by atoms with Gasteiger partial charge in [-0.3, -0.25) is 0 Å². The molecule has 1 fully saturated rings. The zero-order valence-corrected chi connectivity index (χ0v) is 15.5. The number of rotatable bonds is 3. The van der Waals surface area contributed by atoms with Crippen LogP contribution in [-0.2, 0) is 0 Å². The van der Waals surface area contributed by atoms with Gasteiger partial charge in [-0.05, 0) is 54.4 Å². The van der Waals surface area contributed by atoms with Crippen LogP contribution in [0.5, 0.6) is 0 Å². The first kappa shape index (κ1) is 18.3. The number of hydrogen-bond acceptors (Lipinski definition) is 0. The minimum atomic E-state index is -0.954. The molecule has 0 amide bonds. The van der Waals surface area contributed by atoms with E-state index in [1.165, 1.54) is 38.2 Å². The lowest BCUT2D eigenvalue weighted by Crippen LogP contribution is -2.19. The maximum atomic E-state index is 15.2. The lowest BCUT2D eigenvalue weighted by atomic mass is 9.73. The summed E-state index contributed by atoms with van der Waals surface area (Å²) in [4.78, 5) is 0. The molecule has 0 N–H and O–H groups in total. The Labute approximate surface area is 159 Å². The summed E-state index contributed by atoms with van der Waals surface area (Å²) in [5, 5.41) is 0. The molecule has 2 aliphatic carbocycles. The van der Waals surface area contributed by atoms with Gasteiger partial charge in [0.05, 0.1) is 0 Å². The molecule has 0 aromatic heterocycles. The molecule has 3 heteroatoms. The molecule has 2 aromatic carbocycles. The van der Waals surface area contributed by atoms with Gasteiger partial charge in [0.15, 0.2) is 11.6 Å². The van der Waals surface area contributed by atoms with Crippen LogP contribution in [0.1, 0.15) is 56.9 Å². The molecule has 0 radical (unpaired) electrons. The summed E-state index contributed by atoms with van der Waals surface area (Å²) in [6, 6.07) is 8.75. The number of hydrogen-bond donors (Lipinski definition) is 0. The van der Waals surface area contributed by atoms with E-state index in [0.717, 1.165) is 48.8 Å². The van der Waals surface area contributed by atoms with Crippen molar-refractivity contribution in [1.82, 2.24) is 0 Å². The van der Waals surface area contributed by atoms with Crippen LogP contribution in [0.2, 0.25) is 0 Å². The van der Waals surface area contributed by atoms with Crippen molar-refractivity contribution in [1.29, 1.82) is 0 Å². The van der Waals surface area contributed by atoms with Crippen molar-refractivity contribution in [2.24, 2.45) is 11.8 Å². The molecule has 4 rings (SSSR count). The third-order valence-corrected chi connectivity index (χ3v) is 6.34. The second-order valence-corrected chi connectivity index (χ2v) is 7.96. The highest BCUT2D eigenvalue weighted by molar-refractivity contribution is 5.74. The Hall–Kier alpha value is -2.03. The van der Waals surface area contributed by atoms with Crippen LogP contribution in [0.3, 0.4) is 0 Å². The summed E-state index contributed by atoms with van der Waals surface area (Å²) in [7, 11) is 0. The van der Waals surface area contributed by atoms with Crippen molar-refractivity contribution in [2.45, 2.75) is 51.4 Å². The summed E-state index contributed by atoms with van der Waals surface area (Å²) < 4.78 is 41.9. The van der Waals surface area contributed by atoms with Crippen molar-refractivity contribution in [3.8, 4) is 11.1 Å². The molecule has 1 atom stereocenters. The van der Waals surface area contributed by atoms with Crippen LogP contribution in [0.25, 0.3) is 16.7 Å². The highest BCUT2D eigenvalue weighted by Gasteiger charge is 2.26. The highest BCUT2D eigenvalue weighted by Crippen LogP contribution is 2.41. The second-order valence-electron chi connectivity index (χ2n) is 7.96. The molecule has 0 nitrogen and oxygen atoms in total. The van der Waals surface area contributed by atoms with Crippen LogP contribution < -0.4 is 0 Å².